The van der Waals surface area contributed by atoms with Crippen LogP contribution in [0, 0.1) is 13.8 Å². The molecular weight excluding hydrogens is 496 g/mol. The number of carbonyl (C=O) groups excluding carboxylic acids is 3. The maximum atomic E-state index is 12.7. The zero-order valence-corrected chi connectivity index (χ0v) is 21.4. The van der Waals surface area contributed by atoms with Crippen LogP contribution in [0.3, 0.4) is 0 Å². The summed E-state index contributed by atoms with van der Waals surface area (Å²) in [5.41, 5.74) is 5.65. The van der Waals surface area contributed by atoms with E-state index in [4.69, 9.17) is 14.2 Å². The molecule has 0 spiro atoms. The van der Waals surface area contributed by atoms with Crippen molar-refractivity contribution in [3.63, 3.8) is 0 Å². The molecule has 0 bridgehead atoms. The minimum atomic E-state index is -0.609. The van der Waals surface area contributed by atoms with Crippen molar-refractivity contribution in [3.05, 3.63) is 125 Å². The van der Waals surface area contributed by atoms with Crippen LogP contribution in [0.2, 0.25) is 0 Å². The molecule has 4 aromatic carbocycles. The highest BCUT2D eigenvalue weighted by atomic mass is 16.5. The number of nitrogens with one attached hydrogen (secondary N) is 1. The molecular formula is C31H26N2O6. The maximum absolute atomic E-state index is 12.7. The molecule has 1 N–H and O–H groups in total. The van der Waals surface area contributed by atoms with Crippen molar-refractivity contribution >= 4 is 24.1 Å². The van der Waals surface area contributed by atoms with Gasteiger partial charge in [-0.15, -0.1) is 0 Å². The topological polar surface area (TPSA) is 103 Å². The lowest BCUT2D eigenvalue weighted by Crippen LogP contribution is -2.24. The molecule has 0 radical (unpaired) electrons. The first-order chi connectivity index (χ1) is 18.9. The zero-order chi connectivity index (χ0) is 27.6. The molecule has 0 atom stereocenters. The molecule has 196 valence electrons. The minimum Gasteiger partial charge on any atom is -0.484 e. The van der Waals surface area contributed by atoms with Crippen molar-refractivity contribution in [3.8, 4) is 17.2 Å². The van der Waals surface area contributed by atoms with E-state index in [9.17, 15) is 14.4 Å². The highest BCUT2D eigenvalue weighted by Crippen LogP contribution is 2.26. The standard InChI is InChI=1S/C31H26N2O6/c1-21-13-15-26(17-22(21)2)37-20-29(34)33-32-19-25-14-16-27(38-30(35)23-9-5-3-6-10-23)18-28(25)39-31(36)24-11-7-4-8-12-24/h3-19H,20H2,1-2H3,(H,33,34)/b32-19-. The largest absolute Gasteiger partial charge is 0.484 e. The Morgan fingerprint density at radius 2 is 1.33 bits per heavy atom. The molecule has 0 saturated heterocycles. The number of hydrogen-bond acceptors (Lipinski definition) is 7. The van der Waals surface area contributed by atoms with E-state index in [1.54, 1.807) is 72.8 Å². The summed E-state index contributed by atoms with van der Waals surface area (Å²) in [5.74, 6) is -0.806. The second-order valence-electron chi connectivity index (χ2n) is 8.54. The smallest absolute Gasteiger partial charge is 0.343 e. The van der Waals surface area contributed by atoms with Gasteiger partial charge in [0.2, 0.25) is 0 Å². The molecule has 0 aliphatic heterocycles. The van der Waals surface area contributed by atoms with Gasteiger partial charge in [0, 0.05) is 11.6 Å². The van der Waals surface area contributed by atoms with Crippen molar-refractivity contribution in [2.75, 3.05) is 6.61 Å². The van der Waals surface area contributed by atoms with Gasteiger partial charge >= 0.3 is 11.9 Å². The molecule has 0 aliphatic carbocycles. The Labute approximate surface area is 225 Å². The van der Waals surface area contributed by atoms with Gasteiger partial charge in [-0.2, -0.15) is 5.10 Å². The van der Waals surface area contributed by atoms with Crippen LogP contribution in [-0.4, -0.2) is 30.7 Å². The summed E-state index contributed by atoms with van der Waals surface area (Å²) in [4.78, 5) is 37.4. The third-order valence-electron chi connectivity index (χ3n) is 5.66. The Morgan fingerprint density at radius 3 is 1.97 bits per heavy atom. The first kappa shape index (κ1) is 26.8. The van der Waals surface area contributed by atoms with E-state index in [1.807, 2.05) is 26.0 Å². The van der Waals surface area contributed by atoms with E-state index in [2.05, 4.69) is 10.5 Å². The number of benzene rings is 4. The predicted octanol–water partition coefficient (Wildman–Crippen LogP) is 5.27. The SMILES string of the molecule is Cc1ccc(OCC(=O)N/N=C\c2ccc(OC(=O)c3ccccc3)cc2OC(=O)c2ccccc2)cc1C. The second kappa shape index (κ2) is 12.8. The molecule has 1 amide bonds. The van der Waals surface area contributed by atoms with Gasteiger partial charge in [0.15, 0.2) is 6.61 Å². The molecule has 0 aliphatic rings. The molecule has 39 heavy (non-hydrogen) atoms. The summed E-state index contributed by atoms with van der Waals surface area (Å²) >= 11 is 0. The van der Waals surface area contributed by atoms with Crippen molar-refractivity contribution in [2.45, 2.75) is 13.8 Å². The average Bonchev–Trinajstić information content (AvgIpc) is 2.95. The van der Waals surface area contributed by atoms with Crippen molar-refractivity contribution in [2.24, 2.45) is 5.10 Å². The number of hydrazone groups is 1. The van der Waals surface area contributed by atoms with Gasteiger partial charge in [-0.1, -0.05) is 42.5 Å². The number of rotatable bonds is 9. The Morgan fingerprint density at radius 1 is 0.718 bits per heavy atom. The first-order valence-corrected chi connectivity index (χ1v) is 12.1. The van der Waals surface area contributed by atoms with Gasteiger partial charge in [0.25, 0.3) is 5.91 Å². The summed E-state index contributed by atoms with van der Waals surface area (Å²) in [5, 5.41) is 3.96. The molecule has 8 heteroatoms. The Kier molecular flexibility index (Phi) is 8.82. The average molecular weight is 523 g/mol. The van der Waals surface area contributed by atoms with Gasteiger partial charge in [-0.25, -0.2) is 15.0 Å². The van der Waals surface area contributed by atoms with E-state index in [0.717, 1.165) is 11.1 Å². The van der Waals surface area contributed by atoms with Gasteiger partial charge in [0.05, 0.1) is 17.3 Å². The van der Waals surface area contributed by atoms with E-state index < -0.39 is 17.8 Å². The number of aryl methyl sites for hydroxylation is 2. The van der Waals surface area contributed by atoms with Crippen LogP contribution in [-0.2, 0) is 4.79 Å². The third-order valence-corrected chi connectivity index (χ3v) is 5.66. The zero-order valence-electron chi connectivity index (χ0n) is 21.4. The number of ether oxygens (including phenoxy) is 3. The highest BCUT2D eigenvalue weighted by molar-refractivity contribution is 5.94. The fourth-order valence-electron chi connectivity index (χ4n) is 3.41. The van der Waals surface area contributed by atoms with E-state index in [1.165, 1.54) is 18.3 Å². The monoisotopic (exact) mass is 522 g/mol. The predicted molar refractivity (Wildman–Crippen MR) is 146 cm³/mol. The van der Waals surface area contributed by atoms with Crippen LogP contribution in [0.5, 0.6) is 17.2 Å². The lowest BCUT2D eigenvalue weighted by atomic mass is 10.1. The highest BCUT2D eigenvalue weighted by Gasteiger charge is 2.15. The number of hydrogen-bond donors (Lipinski definition) is 1. The van der Waals surface area contributed by atoms with Crippen LogP contribution in [0.25, 0.3) is 0 Å². The van der Waals surface area contributed by atoms with E-state index >= 15 is 0 Å². The van der Waals surface area contributed by atoms with Crippen LogP contribution in [0.1, 0.15) is 37.4 Å². The van der Waals surface area contributed by atoms with Crippen LogP contribution < -0.4 is 19.6 Å². The Bertz CT molecular complexity index is 1500. The molecule has 0 fully saturated rings. The molecule has 0 heterocycles. The fraction of sp³-hybridized carbons (Fsp3) is 0.0968. The number of nitrogens with zero attached hydrogens (tertiary/aromatic N) is 1. The van der Waals surface area contributed by atoms with Crippen molar-refractivity contribution < 1.29 is 28.6 Å². The number of amides is 1. The summed E-state index contributed by atoms with van der Waals surface area (Å²) in [6, 6.07) is 27.0. The van der Waals surface area contributed by atoms with Crippen LogP contribution in [0.4, 0.5) is 0 Å². The molecule has 8 nitrogen and oxygen atoms in total. The molecule has 0 saturated carbocycles. The summed E-state index contributed by atoms with van der Waals surface area (Å²) in [7, 11) is 0. The number of esters is 2. The van der Waals surface area contributed by atoms with E-state index in [-0.39, 0.29) is 18.1 Å². The first-order valence-electron chi connectivity index (χ1n) is 12.1. The summed E-state index contributed by atoms with van der Waals surface area (Å²) < 4.78 is 16.6. The third kappa shape index (κ3) is 7.62. The van der Waals surface area contributed by atoms with Gasteiger partial charge in [-0.3, -0.25) is 4.79 Å². The van der Waals surface area contributed by atoms with Crippen LogP contribution >= 0.6 is 0 Å². The summed E-state index contributed by atoms with van der Waals surface area (Å²) in [6.07, 6.45) is 1.32. The lowest BCUT2D eigenvalue weighted by molar-refractivity contribution is -0.123. The van der Waals surface area contributed by atoms with E-state index in [0.29, 0.717) is 22.4 Å². The van der Waals surface area contributed by atoms with Crippen molar-refractivity contribution in [1.29, 1.82) is 0 Å². The lowest BCUT2D eigenvalue weighted by Gasteiger charge is -2.11. The maximum Gasteiger partial charge on any atom is 0.343 e. The second-order valence-corrected chi connectivity index (χ2v) is 8.54. The van der Waals surface area contributed by atoms with Gasteiger partial charge in [0.1, 0.15) is 17.2 Å². The minimum absolute atomic E-state index is 0.0894. The fourth-order valence-corrected chi connectivity index (χ4v) is 3.41. The van der Waals surface area contributed by atoms with Crippen LogP contribution in [0.15, 0.2) is 102 Å². The number of carbonyl (C=O) groups is 3. The Balaban J connectivity index is 1.46. The molecule has 0 unspecified atom stereocenters. The molecule has 0 aromatic heterocycles. The molecule has 4 rings (SSSR count). The quantitative estimate of drug-likeness (QED) is 0.139. The normalized spacial score (nSPS) is 10.6. The van der Waals surface area contributed by atoms with Gasteiger partial charge in [-0.05, 0) is 73.5 Å². The molecule has 4 aromatic rings. The van der Waals surface area contributed by atoms with Gasteiger partial charge < -0.3 is 14.2 Å². The van der Waals surface area contributed by atoms with Crippen molar-refractivity contribution in [1.82, 2.24) is 5.43 Å². The summed E-state index contributed by atoms with van der Waals surface area (Å²) in [6.45, 7) is 3.72. The Hall–Kier alpha value is -5.24.